The average Bonchev–Trinajstić information content (AvgIpc) is 2.75. The number of rotatable bonds is 3. The second kappa shape index (κ2) is 4.16. The molecule has 0 fully saturated rings. The molecule has 1 N–H and O–H groups in total. The van der Waals surface area contributed by atoms with Crippen LogP contribution < -0.4 is 0 Å². The molecule has 2 aromatic heterocycles. The highest BCUT2D eigenvalue weighted by Gasteiger charge is 2.12. The smallest absolute Gasteiger partial charge is 0.103 e. The fourth-order valence-corrected chi connectivity index (χ4v) is 2.56. The van der Waals surface area contributed by atoms with Gasteiger partial charge in [0.15, 0.2) is 0 Å². The summed E-state index contributed by atoms with van der Waals surface area (Å²) < 4.78 is 0. The van der Waals surface area contributed by atoms with Gasteiger partial charge >= 0.3 is 0 Å². The van der Waals surface area contributed by atoms with Crippen molar-refractivity contribution in [3.05, 3.63) is 32.7 Å². The van der Waals surface area contributed by atoms with Gasteiger partial charge in [0, 0.05) is 22.9 Å². The third-order valence-electron chi connectivity index (χ3n) is 1.83. The summed E-state index contributed by atoms with van der Waals surface area (Å²) in [7, 11) is 0. The summed E-state index contributed by atoms with van der Waals surface area (Å²) in [6.07, 6.45) is 0.0363. The number of hydrogen-bond acceptors (Lipinski definition) is 5. The van der Waals surface area contributed by atoms with Crippen molar-refractivity contribution in [3.8, 4) is 0 Å². The van der Waals surface area contributed by atoms with Gasteiger partial charge in [-0.3, -0.25) is 0 Å². The second-order valence-corrected chi connectivity index (χ2v) is 4.68. The van der Waals surface area contributed by atoms with Crippen LogP contribution in [0.4, 0.5) is 0 Å². The van der Waals surface area contributed by atoms with E-state index in [1.807, 2.05) is 17.7 Å². The minimum absolute atomic E-state index is 0.521. The molecule has 2 aromatic rings. The van der Waals surface area contributed by atoms with Gasteiger partial charge in [0.2, 0.25) is 0 Å². The van der Waals surface area contributed by atoms with Crippen LogP contribution in [0.5, 0.6) is 0 Å². The van der Waals surface area contributed by atoms with E-state index in [1.165, 1.54) is 11.3 Å². The molecule has 2 heterocycles. The Kier molecular flexibility index (Phi) is 2.90. The van der Waals surface area contributed by atoms with Gasteiger partial charge in [0.05, 0.1) is 16.2 Å². The molecular formula is C9H10N2OS2. The molecule has 14 heavy (non-hydrogen) atoms. The van der Waals surface area contributed by atoms with Crippen molar-refractivity contribution in [3.63, 3.8) is 0 Å². The van der Waals surface area contributed by atoms with E-state index in [0.717, 1.165) is 16.4 Å². The number of aryl methyl sites for hydroxylation is 1. The highest BCUT2D eigenvalue weighted by molar-refractivity contribution is 7.09. The van der Waals surface area contributed by atoms with Crippen molar-refractivity contribution in [2.75, 3.05) is 0 Å². The quantitative estimate of drug-likeness (QED) is 0.872. The number of hydrogen-bond donors (Lipinski definition) is 1. The van der Waals surface area contributed by atoms with E-state index in [0.29, 0.717) is 6.42 Å². The maximum absolute atomic E-state index is 9.78. The molecule has 5 heteroatoms. The van der Waals surface area contributed by atoms with Gasteiger partial charge in [-0.2, -0.15) is 0 Å². The number of thiazole rings is 2. The number of nitrogens with zero attached hydrogens (tertiary/aromatic N) is 2. The van der Waals surface area contributed by atoms with E-state index in [4.69, 9.17) is 0 Å². The summed E-state index contributed by atoms with van der Waals surface area (Å²) in [5.41, 5.74) is 3.48. The van der Waals surface area contributed by atoms with Crippen molar-refractivity contribution < 1.29 is 5.11 Å². The lowest BCUT2D eigenvalue weighted by Gasteiger charge is -2.03. The average molecular weight is 226 g/mol. The standard InChI is InChI=1S/C9H10N2OS2/c1-6-3-14-9(11-6)2-8(12)7-4-13-5-10-7/h3-5,8,12H,2H2,1H3. The lowest BCUT2D eigenvalue weighted by Crippen LogP contribution is -2.01. The van der Waals surface area contributed by atoms with Crippen molar-refractivity contribution in [2.24, 2.45) is 0 Å². The van der Waals surface area contributed by atoms with Crippen LogP contribution in [-0.2, 0) is 6.42 Å². The Morgan fingerprint density at radius 3 is 2.93 bits per heavy atom. The van der Waals surface area contributed by atoms with Crippen LogP contribution in [0.3, 0.4) is 0 Å². The van der Waals surface area contributed by atoms with Crippen LogP contribution in [0.2, 0.25) is 0 Å². The van der Waals surface area contributed by atoms with Gasteiger partial charge in [-0.1, -0.05) is 0 Å². The maximum atomic E-state index is 9.78. The molecule has 0 aliphatic rings. The first-order valence-corrected chi connectivity index (χ1v) is 6.05. The third kappa shape index (κ3) is 2.17. The van der Waals surface area contributed by atoms with E-state index in [-0.39, 0.29) is 0 Å². The molecule has 74 valence electrons. The molecule has 0 spiro atoms. The molecule has 0 amide bonds. The topological polar surface area (TPSA) is 46.0 Å². The molecule has 1 unspecified atom stereocenters. The van der Waals surface area contributed by atoms with E-state index in [9.17, 15) is 5.11 Å². The predicted octanol–water partition coefficient (Wildman–Crippen LogP) is 2.18. The minimum atomic E-state index is -0.521. The fraction of sp³-hybridized carbons (Fsp3) is 0.333. The maximum Gasteiger partial charge on any atom is 0.103 e. The van der Waals surface area contributed by atoms with Crippen LogP contribution in [0.25, 0.3) is 0 Å². The summed E-state index contributed by atoms with van der Waals surface area (Å²) in [5, 5.41) is 14.6. The zero-order chi connectivity index (χ0) is 9.97. The summed E-state index contributed by atoms with van der Waals surface area (Å²) in [6.45, 7) is 1.95. The minimum Gasteiger partial charge on any atom is -0.386 e. The third-order valence-corrected chi connectivity index (χ3v) is 3.42. The van der Waals surface area contributed by atoms with Crippen LogP contribution in [0, 0.1) is 6.92 Å². The Balaban J connectivity index is 2.05. The summed E-state index contributed by atoms with van der Waals surface area (Å²) in [4.78, 5) is 8.36. The Labute approximate surface area is 90.1 Å². The SMILES string of the molecule is Cc1csc(CC(O)c2cscn2)n1. The predicted molar refractivity (Wildman–Crippen MR) is 57.6 cm³/mol. The first-order chi connectivity index (χ1) is 6.75. The van der Waals surface area contributed by atoms with Crippen molar-refractivity contribution in [2.45, 2.75) is 19.4 Å². The normalized spacial score (nSPS) is 13.0. The molecule has 0 aliphatic carbocycles. The zero-order valence-electron chi connectivity index (χ0n) is 7.67. The second-order valence-electron chi connectivity index (χ2n) is 3.02. The zero-order valence-corrected chi connectivity index (χ0v) is 9.31. The molecule has 0 saturated heterocycles. The number of aliphatic hydroxyl groups excluding tert-OH is 1. The molecule has 2 rings (SSSR count). The highest BCUT2D eigenvalue weighted by atomic mass is 32.1. The molecule has 3 nitrogen and oxygen atoms in total. The van der Waals surface area contributed by atoms with Gasteiger partial charge in [-0.05, 0) is 6.92 Å². The first kappa shape index (κ1) is 9.76. The van der Waals surface area contributed by atoms with Gasteiger partial charge in [0.1, 0.15) is 6.10 Å². The van der Waals surface area contributed by atoms with E-state index >= 15 is 0 Å². The molecule has 1 atom stereocenters. The molecule has 0 aliphatic heterocycles. The van der Waals surface area contributed by atoms with E-state index in [1.54, 1.807) is 16.8 Å². The van der Waals surface area contributed by atoms with Crippen LogP contribution in [-0.4, -0.2) is 15.1 Å². The largest absolute Gasteiger partial charge is 0.386 e. The van der Waals surface area contributed by atoms with Gasteiger partial charge in [0.25, 0.3) is 0 Å². The Morgan fingerprint density at radius 1 is 1.50 bits per heavy atom. The van der Waals surface area contributed by atoms with E-state index < -0.39 is 6.10 Å². The molecule has 0 saturated carbocycles. The van der Waals surface area contributed by atoms with Crippen molar-refractivity contribution in [1.82, 2.24) is 9.97 Å². The molecule has 0 radical (unpaired) electrons. The molecule has 0 bridgehead atoms. The van der Waals surface area contributed by atoms with E-state index in [2.05, 4.69) is 9.97 Å². The first-order valence-electron chi connectivity index (χ1n) is 4.23. The van der Waals surface area contributed by atoms with Gasteiger partial charge in [-0.15, -0.1) is 22.7 Å². The molecular weight excluding hydrogens is 216 g/mol. The monoisotopic (exact) mass is 226 g/mol. The van der Waals surface area contributed by atoms with Gasteiger partial charge in [-0.25, -0.2) is 9.97 Å². The van der Waals surface area contributed by atoms with Crippen molar-refractivity contribution in [1.29, 1.82) is 0 Å². The van der Waals surface area contributed by atoms with Crippen molar-refractivity contribution >= 4 is 22.7 Å². The summed E-state index contributed by atoms with van der Waals surface area (Å²) >= 11 is 3.08. The Morgan fingerprint density at radius 2 is 2.36 bits per heavy atom. The fourth-order valence-electron chi connectivity index (χ4n) is 1.15. The van der Waals surface area contributed by atoms with Crippen LogP contribution in [0.15, 0.2) is 16.3 Å². The lowest BCUT2D eigenvalue weighted by atomic mass is 10.2. The Hall–Kier alpha value is -0.780. The lowest BCUT2D eigenvalue weighted by molar-refractivity contribution is 0.174. The van der Waals surface area contributed by atoms with Crippen LogP contribution in [0.1, 0.15) is 22.5 Å². The summed E-state index contributed by atoms with van der Waals surface area (Å²) in [6, 6.07) is 0. The summed E-state index contributed by atoms with van der Waals surface area (Å²) in [5.74, 6) is 0. The van der Waals surface area contributed by atoms with Gasteiger partial charge < -0.3 is 5.11 Å². The number of aliphatic hydroxyl groups is 1. The molecule has 0 aromatic carbocycles. The Bertz CT molecular complexity index is 397. The van der Waals surface area contributed by atoms with Crippen LogP contribution >= 0.6 is 22.7 Å². The highest BCUT2D eigenvalue weighted by Crippen LogP contribution is 2.20. The number of aromatic nitrogens is 2.